The van der Waals surface area contributed by atoms with Crippen molar-refractivity contribution in [3.63, 3.8) is 0 Å². The van der Waals surface area contributed by atoms with Gasteiger partial charge in [-0.25, -0.2) is 0 Å². The molecule has 0 radical (unpaired) electrons. The number of nitrogens with zero attached hydrogens (tertiary/aromatic N) is 3. The molecule has 0 spiro atoms. The minimum absolute atomic E-state index is 0.103. The van der Waals surface area contributed by atoms with Gasteiger partial charge in [0, 0.05) is 37.8 Å². The van der Waals surface area contributed by atoms with Crippen molar-refractivity contribution in [1.82, 2.24) is 4.90 Å². The maximum atomic E-state index is 13.0. The van der Waals surface area contributed by atoms with E-state index >= 15 is 0 Å². The van der Waals surface area contributed by atoms with E-state index in [1.54, 1.807) is 7.05 Å². The highest BCUT2D eigenvalue weighted by Crippen LogP contribution is 2.44. The summed E-state index contributed by atoms with van der Waals surface area (Å²) < 4.78 is 0. The van der Waals surface area contributed by atoms with Crippen LogP contribution in [-0.4, -0.2) is 48.7 Å². The lowest BCUT2D eigenvalue weighted by molar-refractivity contribution is -0.113. The third-order valence-electron chi connectivity index (χ3n) is 7.62. The van der Waals surface area contributed by atoms with Gasteiger partial charge < -0.3 is 4.90 Å². The van der Waals surface area contributed by atoms with Gasteiger partial charge in [0.1, 0.15) is 5.71 Å². The van der Waals surface area contributed by atoms with Gasteiger partial charge in [-0.3, -0.25) is 14.7 Å². The molecule has 1 aromatic carbocycles. The molecule has 1 saturated heterocycles. The fraction of sp³-hybridized carbons (Fsp3) is 0.652. The lowest BCUT2D eigenvalue weighted by Crippen LogP contribution is -2.55. The van der Waals surface area contributed by atoms with Gasteiger partial charge in [-0.2, -0.15) is 0 Å². The van der Waals surface area contributed by atoms with E-state index in [4.69, 9.17) is 0 Å². The monoisotopic (exact) mass is 365 g/mol. The molecule has 4 heteroatoms. The zero-order chi connectivity index (χ0) is 18.4. The zero-order valence-corrected chi connectivity index (χ0v) is 16.4. The van der Waals surface area contributed by atoms with E-state index in [1.807, 2.05) is 18.2 Å². The number of anilines is 1. The molecule has 144 valence electrons. The number of piperidine rings is 1. The predicted octanol–water partition coefficient (Wildman–Crippen LogP) is 3.89. The van der Waals surface area contributed by atoms with Crippen LogP contribution in [0, 0.1) is 11.8 Å². The van der Waals surface area contributed by atoms with Gasteiger partial charge >= 0.3 is 0 Å². The number of amides is 1. The van der Waals surface area contributed by atoms with E-state index in [9.17, 15) is 4.79 Å². The van der Waals surface area contributed by atoms with Crippen LogP contribution in [0.25, 0.3) is 0 Å². The van der Waals surface area contributed by atoms with Gasteiger partial charge in [0.2, 0.25) is 0 Å². The number of carbonyl (C=O) groups is 1. The SMILES string of the molecule is CN=C1C(=O)N(C2CCN(C3C4CCCC3CCC4)CC2)c2ccccc21. The smallest absolute Gasteiger partial charge is 0.277 e. The average Bonchev–Trinajstić information content (AvgIpc) is 2.98. The van der Waals surface area contributed by atoms with Crippen LogP contribution in [0.15, 0.2) is 29.3 Å². The molecule has 3 fully saturated rings. The van der Waals surface area contributed by atoms with Gasteiger partial charge in [0.15, 0.2) is 0 Å². The summed E-state index contributed by atoms with van der Waals surface area (Å²) in [6, 6.07) is 9.30. The zero-order valence-electron chi connectivity index (χ0n) is 16.4. The first kappa shape index (κ1) is 17.4. The maximum absolute atomic E-state index is 13.0. The highest BCUT2D eigenvalue weighted by Gasteiger charge is 2.43. The number of hydrogen-bond acceptors (Lipinski definition) is 3. The van der Waals surface area contributed by atoms with Crippen molar-refractivity contribution in [3.05, 3.63) is 29.8 Å². The summed E-state index contributed by atoms with van der Waals surface area (Å²) in [6.45, 7) is 2.29. The van der Waals surface area contributed by atoms with E-state index < -0.39 is 0 Å². The number of likely N-dealkylation sites (tertiary alicyclic amines) is 1. The Morgan fingerprint density at radius 3 is 2.19 bits per heavy atom. The summed E-state index contributed by atoms with van der Waals surface area (Å²) in [6.07, 6.45) is 10.8. The molecule has 2 heterocycles. The first-order valence-electron chi connectivity index (χ1n) is 10.9. The van der Waals surface area contributed by atoms with E-state index in [0.717, 1.165) is 55.1 Å². The standard InChI is InChI=1S/C23H31N3O/c1-24-21-19-10-2-3-11-20(19)26(23(21)27)18-12-14-25(15-13-18)22-16-6-4-7-17(22)9-5-8-16/h2-3,10-11,16-18,22H,4-9,12-15H2,1H3. The second-order valence-corrected chi connectivity index (χ2v) is 8.90. The van der Waals surface area contributed by atoms with Crippen LogP contribution in [0.1, 0.15) is 56.9 Å². The maximum Gasteiger partial charge on any atom is 0.277 e. The van der Waals surface area contributed by atoms with E-state index in [1.165, 1.54) is 38.5 Å². The Labute approximate surface area is 162 Å². The Kier molecular flexibility index (Phi) is 4.55. The molecule has 5 rings (SSSR count). The van der Waals surface area contributed by atoms with Gasteiger partial charge in [-0.1, -0.05) is 31.0 Å². The molecule has 27 heavy (non-hydrogen) atoms. The summed E-state index contributed by atoms with van der Waals surface area (Å²) in [7, 11) is 1.73. The Morgan fingerprint density at radius 1 is 0.926 bits per heavy atom. The summed E-state index contributed by atoms with van der Waals surface area (Å²) in [5.74, 6) is 1.97. The number of rotatable bonds is 2. The Bertz CT molecular complexity index is 728. The molecular weight excluding hydrogens is 334 g/mol. The minimum atomic E-state index is 0.103. The molecular formula is C23H31N3O. The normalized spacial score (nSPS) is 33.5. The first-order valence-corrected chi connectivity index (χ1v) is 10.9. The minimum Gasteiger partial charge on any atom is -0.303 e. The predicted molar refractivity (Wildman–Crippen MR) is 109 cm³/mol. The molecule has 2 aliphatic heterocycles. The van der Waals surface area contributed by atoms with Crippen molar-refractivity contribution >= 4 is 17.3 Å². The quantitative estimate of drug-likeness (QED) is 0.797. The topological polar surface area (TPSA) is 35.9 Å². The van der Waals surface area contributed by atoms with Crippen LogP contribution in [0.2, 0.25) is 0 Å². The molecule has 2 saturated carbocycles. The molecule has 0 aromatic heterocycles. The van der Waals surface area contributed by atoms with E-state index in [0.29, 0.717) is 11.8 Å². The third-order valence-corrected chi connectivity index (χ3v) is 7.62. The summed E-state index contributed by atoms with van der Waals surface area (Å²) in [5, 5.41) is 0. The Morgan fingerprint density at radius 2 is 1.56 bits per heavy atom. The van der Waals surface area contributed by atoms with Crippen molar-refractivity contribution < 1.29 is 4.79 Å². The van der Waals surface area contributed by atoms with Crippen molar-refractivity contribution in [2.75, 3.05) is 25.0 Å². The van der Waals surface area contributed by atoms with Crippen molar-refractivity contribution in [3.8, 4) is 0 Å². The molecule has 4 aliphatic rings. The number of aliphatic imine (C=N–C) groups is 1. The second-order valence-electron chi connectivity index (χ2n) is 8.90. The highest BCUT2D eigenvalue weighted by molar-refractivity contribution is 6.54. The summed E-state index contributed by atoms with van der Waals surface area (Å²) in [5.41, 5.74) is 2.71. The summed E-state index contributed by atoms with van der Waals surface area (Å²) >= 11 is 0. The molecule has 4 nitrogen and oxygen atoms in total. The van der Waals surface area contributed by atoms with Crippen LogP contribution in [-0.2, 0) is 4.79 Å². The molecule has 1 aromatic rings. The van der Waals surface area contributed by atoms with Crippen LogP contribution < -0.4 is 4.90 Å². The van der Waals surface area contributed by atoms with Crippen molar-refractivity contribution in [2.24, 2.45) is 16.8 Å². The lowest BCUT2D eigenvalue weighted by atomic mass is 9.67. The first-order chi connectivity index (χ1) is 13.3. The number of hydrogen-bond donors (Lipinski definition) is 0. The lowest BCUT2D eigenvalue weighted by Gasteiger charge is -2.50. The molecule has 1 amide bonds. The van der Waals surface area contributed by atoms with E-state index in [-0.39, 0.29) is 5.91 Å². The van der Waals surface area contributed by atoms with Crippen LogP contribution >= 0.6 is 0 Å². The van der Waals surface area contributed by atoms with Crippen LogP contribution in [0.5, 0.6) is 0 Å². The van der Waals surface area contributed by atoms with Gasteiger partial charge in [-0.05, 0) is 56.4 Å². The molecule has 2 aliphatic carbocycles. The number of fused-ring (bicyclic) bond motifs is 3. The Hall–Kier alpha value is -1.68. The fourth-order valence-corrected chi connectivity index (χ4v) is 6.48. The van der Waals surface area contributed by atoms with Crippen LogP contribution in [0.4, 0.5) is 5.69 Å². The third kappa shape index (κ3) is 2.84. The molecule has 2 bridgehead atoms. The highest BCUT2D eigenvalue weighted by atomic mass is 16.2. The average molecular weight is 366 g/mol. The molecule has 0 atom stereocenters. The second kappa shape index (κ2) is 7.05. The van der Waals surface area contributed by atoms with Crippen molar-refractivity contribution in [2.45, 2.75) is 63.5 Å². The Balaban J connectivity index is 1.32. The van der Waals surface area contributed by atoms with Gasteiger partial charge in [0.05, 0.1) is 5.69 Å². The van der Waals surface area contributed by atoms with E-state index in [2.05, 4.69) is 20.9 Å². The number of benzene rings is 1. The fourth-order valence-electron chi connectivity index (χ4n) is 6.48. The molecule has 0 N–H and O–H groups in total. The number of para-hydroxylation sites is 1. The van der Waals surface area contributed by atoms with Crippen molar-refractivity contribution in [1.29, 1.82) is 0 Å². The van der Waals surface area contributed by atoms with Crippen LogP contribution in [0.3, 0.4) is 0 Å². The molecule has 0 unspecified atom stereocenters. The van der Waals surface area contributed by atoms with Gasteiger partial charge in [-0.15, -0.1) is 0 Å². The number of carbonyl (C=O) groups excluding carboxylic acids is 1. The van der Waals surface area contributed by atoms with Gasteiger partial charge in [0.25, 0.3) is 5.91 Å². The summed E-state index contributed by atoms with van der Waals surface area (Å²) in [4.78, 5) is 22.2. The largest absolute Gasteiger partial charge is 0.303 e.